The minimum atomic E-state index is -1.33. The van der Waals surface area contributed by atoms with E-state index in [9.17, 15) is 4.39 Å². The molecule has 2 heterocycles. The van der Waals surface area contributed by atoms with Gasteiger partial charge in [-0.15, -0.1) is 0 Å². The Morgan fingerprint density at radius 3 is 3.00 bits per heavy atom. The number of aryl methyl sites for hydroxylation is 1. The zero-order chi connectivity index (χ0) is 10.9. The number of nitrogens with one attached hydrogen (secondary N) is 1. The third-order valence-electron chi connectivity index (χ3n) is 2.80. The molecule has 0 bridgehead atoms. The Hall–Kier alpha value is -0.670. The van der Waals surface area contributed by atoms with Crippen LogP contribution in [0.25, 0.3) is 0 Å². The number of hydrogen-bond donors (Lipinski definition) is 1. The summed E-state index contributed by atoms with van der Waals surface area (Å²) in [5.74, 6) is 0. The van der Waals surface area contributed by atoms with Crippen LogP contribution in [0.5, 0.6) is 0 Å². The van der Waals surface area contributed by atoms with Crippen molar-refractivity contribution in [3.8, 4) is 0 Å². The maximum absolute atomic E-state index is 14.5. The molecule has 15 heavy (non-hydrogen) atoms. The van der Waals surface area contributed by atoms with Crippen LogP contribution in [-0.4, -0.2) is 18.1 Å². The number of rotatable bonds is 1. The third-order valence-corrected chi connectivity index (χ3v) is 3.01. The maximum Gasteiger partial charge on any atom is 0.165 e. The van der Waals surface area contributed by atoms with Crippen molar-refractivity contribution in [2.24, 2.45) is 0 Å². The molecule has 2 rings (SSSR count). The highest BCUT2D eigenvalue weighted by molar-refractivity contribution is 6.30. The van der Waals surface area contributed by atoms with E-state index in [1.165, 1.54) is 6.20 Å². The summed E-state index contributed by atoms with van der Waals surface area (Å²) in [6.45, 7) is 3.09. The highest BCUT2D eigenvalue weighted by Gasteiger charge is 2.36. The largest absolute Gasteiger partial charge is 0.313 e. The van der Waals surface area contributed by atoms with Gasteiger partial charge < -0.3 is 5.32 Å². The number of pyridine rings is 1. The van der Waals surface area contributed by atoms with Gasteiger partial charge in [0.2, 0.25) is 0 Å². The van der Waals surface area contributed by atoms with E-state index < -0.39 is 5.67 Å². The van der Waals surface area contributed by atoms with Crippen molar-refractivity contribution >= 4 is 11.6 Å². The van der Waals surface area contributed by atoms with Gasteiger partial charge in [0.1, 0.15) is 0 Å². The average molecular weight is 229 g/mol. The molecule has 4 heteroatoms. The molecular weight excluding hydrogens is 215 g/mol. The second-order valence-electron chi connectivity index (χ2n) is 4.06. The average Bonchev–Trinajstić information content (AvgIpc) is 2.18. The molecule has 0 amide bonds. The van der Waals surface area contributed by atoms with Crippen LogP contribution >= 0.6 is 11.6 Å². The van der Waals surface area contributed by atoms with E-state index in [1.807, 2.05) is 6.92 Å². The molecule has 1 saturated heterocycles. The molecule has 82 valence electrons. The van der Waals surface area contributed by atoms with E-state index in [2.05, 4.69) is 10.3 Å². The van der Waals surface area contributed by atoms with Gasteiger partial charge in [-0.2, -0.15) is 0 Å². The predicted molar refractivity (Wildman–Crippen MR) is 58.9 cm³/mol. The van der Waals surface area contributed by atoms with Crippen molar-refractivity contribution in [1.82, 2.24) is 10.3 Å². The minimum absolute atomic E-state index is 0.350. The van der Waals surface area contributed by atoms with E-state index in [0.717, 1.165) is 18.5 Å². The Labute approximate surface area is 93.9 Å². The smallest absolute Gasteiger partial charge is 0.165 e. The molecule has 0 aromatic carbocycles. The molecule has 0 spiro atoms. The van der Waals surface area contributed by atoms with E-state index in [-0.39, 0.29) is 0 Å². The molecule has 1 aromatic rings. The van der Waals surface area contributed by atoms with Gasteiger partial charge in [-0.3, -0.25) is 4.98 Å². The highest BCUT2D eigenvalue weighted by Crippen LogP contribution is 2.33. The van der Waals surface area contributed by atoms with Crippen LogP contribution in [-0.2, 0) is 5.67 Å². The molecule has 1 N–H and O–H groups in total. The Morgan fingerprint density at radius 1 is 1.60 bits per heavy atom. The molecule has 1 atom stereocenters. The Morgan fingerprint density at radius 2 is 2.40 bits per heavy atom. The first-order chi connectivity index (χ1) is 7.12. The number of aromatic nitrogens is 1. The molecule has 1 unspecified atom stereocenters. The van der Waals surface area contributed by atoms with E-state index >= 15 is 0 Å². The van der Waals surface area contributed by atoms with Crippen LogP contribution in [0.1, 0.15) is 24.1 Å². The lowest BCUT2D eigenvalue weighted by Crippen LogP contribution is -2.41. The fourth-order valence-electron chi connectivity index (χ4n) is 2.08. The van der Waals surface area contributed by atoms with Crippen LogP contribution in [0.4, 0.5) is 4.39 Å². The van der Waals surface area contributed by atoms with Crippen molar-refractivity contribution in [1.29, 1.82) is 0 Å². The Balaban J connectivity index is 2.35. The molecule has 1 aliphatic heterocycles. The van der Waals surface area contributed by atoms with Crippen LogP contribution < -0.4 is 5.32 Å². The number of hydrogen-bond acceptors (Lipinski definition) is 2. The first-order valence-electron chi connectivity index (χ1n) is 5.14. The van der Waals surface area contributed by atoms with Crippen molar-refractivity contribution in [2.75, 3.05) is 13.1 Å². The monoisotopic (exact) mass is 228 g/mol. The van der Waals surface area contributed by atoms with Crippen LogP contribution in [0, 0.1) is 6.92 Å². The van der Waals surface area contributed by atoms with Crippen LogP contribution in [0.2, 0.25) is 5.02 Å². The summed E-state index contributed by atoms with van der Waals surface area (Å²) in [4.78, 5) is 4.13. The quantitative estimate of drug-likeness (QED) is 0.799. The van der Waals surface area contributed by atoms with Crippen molar-refractivity contribution in [3.05, 3.63) is 28.5 Å². The summed E-state index contributed by atoms with van der Waals surface area (Å²) < 4.78 is 14.5. The van der Waals surface area contributed by atoms with Gasteiger partial charge in [0.25, 0.3) is 0 Å². The molecule has 0 aliphatic carbocycles. The zero-order valence-corrected chi connectivity index (χ0v) is 9.44. The molecule has 0 radical (unpaired) electrons. The molecule has 1 aromatic heterocycles. The van der Waals surface area contributed by atoms with E-state index in [1.54, 1.807) is 6.07 Å². The van der Waals surface area contributed by atoms with Gasteiger partial charge >= 0.3 is 0 Å². The predicted octanol–water partition coefficient (Wildman–Crippen LogP) is 2.59. The van der Waals surface area contributed by atoms with Gasteiger partial charge in [-0.1, -0.05) is 11.6 Å². The number of nitrogens with zero attached hydrogens (tertiary/aromatic N) is 1. The molecule has 0 saturated carbocycles. The standard InChI is InChI=1S/C11H14ClFN2/c1-8-5-9(12)6-15-10(8)11(13)3-2-4-14-7-11/h5-6,14H,2-4,7H2,1H3. The minimum Gasteiger partial charge on any atom is -0.313 e. The van der Waals surface area contributed by atoms with Gasteiger partial charge in [-0.05, 0) is 37.9 Å². The van der Waals surface area contributed by atoms with E-state index in [0.29, 0.717) is 23.7 Å². The van der Waals surface area contributed by atoms with Crippen molar-refractivity contribution in [2.45, 2.75) is 25.4 Å². The van der Waals surface area contributed by atoms with Crippen molar-refractivity contribution in [3.63, 3.8) is 0 Å². The maximum atomic E-state index is 14.5. The lowest BCUT2D eigenvalue weighted by molar-refractivity contribution is 0.116. The topological polar surface area (TPSA) is 24.9 Å². The van der Waals surface area contributed by atoms with Gasteiger partial charge in [0.05, 0.1) is 10.7 Å². The fourth-order valence-corrected chi connectivity index (χ4v) is 2.29. The Bertz CT molecular complexity index is 362. The second-order valence-corrected chi connectivity index (χ2v) is 4.50. The zero-order valence-electron chi connectivity index (χ0n) is 8.69. The van der Waals surface area contributed by atoms with Crippen molar-refractivity contribution < 1.29 is 4.39 Å². The second kappa shape index (κ2) is 4.06. The lowest BCUT2D eigenvalue weighted by Gasteiger charge is -2.30. The first-order valence-corrected chi connectivity index (χ1v) is 5.52. The van der Waals surface area contributed by atoms with Crippen LogP contribution in [0.3, 0.4) is 0 Å². The van der Waals surface area contributed by atoms with Crippen LogP contribution in [0.15, 0.2) is 12.3 Å². The van der Waals surface area contributed by atoms with Gasteiger partial charge in [0.15, 0.2) is 5.67 Å². The molecule has 1 fully saturated rings. The molecular formula is C11H14ClFN2. The summed E-state index contributed by atoms with van der Waals surface area (Å²) in [6.07, 6.45) is 2.90. The highest BCUT2D eigenvalue weighted by atomic mass is 35.5. The SMILES string of the molecule is Cc1cc(Cl)cnc1C1(F)CCCNC1. The molecule has 2 nitrogen and oxygen atoms in total. The summed E-state index contributed by atoms with van der Waals surface area (Å²) in [5, 5.41) is 3.63. The number of halogens is 2. The Kier molecular flexibility index (Phi) is 2.94. The summed E-state index contributed by atoms with van der Waals surface area (Å²) in [7, 11) is 0. The van der Waals surface area contributed by atoms with E-state index in [4.69, 9.17) is 11.6 Å². The summed E-state index contributed by atoms with van der Waals surface area (Å²) >= 11 is 5.80. The fraction of sp³-hybridized carbons (Fsp3) is 0.545. The lowest BCUT2D eigenvalue weighted by atomic mass is 9.90. The summed E-state index contributed by atoms with van der Waals surface area (Å²) in [5.41, 5.74) is 0.0280. The first kappa shape index (κ1) is 10.8. The van der Waals surface area contributed by atoms with Gasteiger partial charge in [-0.25, -0.2) is 4.39 Å². The number of piperidine rings is 1. The van der Waals surface area contributed by atoms with Gasteiger partial charge in [0, 0.05) is 12.7 Å². The number of alkyl halides is 1. The third kappa shape index (κ3) is 2.13. The molecule has 1 aliphatic rings. The summed E-state index contributed by atoms with van der Waals surface area (Å²) in [6, 6.07) is 1.76. The normalized spacial score (nSPS) is 26.6.